The molecule has 0 bridgehead atoms. The standard InChI is InChI=1S/C11H11Cl3O3/c1-6(11(15)16-2)17-7-3-9(13)8(5-12)10(14)4-7/h3-4,6H,5H2,1-2H3. The van der Waals surface area contributed by atoms with Crippen LogP contribution in [0.4, 0.5) is 0 Å². The first-order chi connectivity index (χ1) is 7.99. The summed E-state index contributed by atoms with van der Waals surface area (Å²) in [6.45, 7) is 1.57. The molecule has 1 aromatic rings. The summed E-state index contributed by atoms with van der Waals surface area (Å²) in [6.07, 6.45) is -0.728. The molecule has 0 heterocycles. The zero-order valence-electron chi connectivity index (χ0n) is 9.30. The second-order valence-corrected chi connectivity index (χ2v) is 4.36. The van der Waals surface area contributed by atoms with Gasteiger partial charge in [0.2, 0.25) is 0 Å². The highest BCUT2D eigenvalue weighted by atomic mass is 35.5. The van der Waals surface area contributed by atoms with Gasteiger partial charge in [0.05, 0.1) is 23.0 Å². The number of hydrogen-bond acceptors (Lipinski definition) is 3. The number of ether oxygens (including phenoxy) is 2. The number of carbonyl (C=O) groups excluding carboxylic acids is 1. The van der Waals surface area contributed by atoms with Crippen LogP contribution in [0.15, 0.2) is 12.1 Å². The second kappa shape index (κ2) is 6.34. The van der Waals surface area contributed by atoms with E-state index in [-0.39, 0.29) is 5.88 Å². The normalized spacial score (nSPS) is 12.1. The van der Waals surface area contributed by atoms with Gasteiger partial charge in [0, 0.05) is 5.56 Å². The summed E-state index contributed by atoms with van der Waals surface area (Å²) in [4.78, 5) is 11.2. The summed E-state index contributed by atoms with van der Waals surface area (Å²) >= 11 is 17.6. The van der Waals surface area contributed by atoms with Crippen LogP contribution in [-0.4, -0.2) is 19.2 Å². The number of benzene rings is 1. The van der Waals surface area contributed by atoms with Crippen molar-refractivity contribution < 1.29 is 14.3 Å². The van der Waals surface area contributed by atoms with Crippen molar-refractivity contribution in [3.05, 3.63) is 27.7 Å². The molecule has 0 saturated carbocycles. The third-order valence-electron chi connectivity index (χ3n) is 2.09. The van der Waals surface area contributed by atoms with Gasteiger partial charge >= 0.3 is 5.97 Å². The van der Waals surface area contributed by atoms with Crippen molar-refractivity contribution in [1.29, 1.82) is 0 Å². The molecular weight excluding hydrogens is 286 g/mol. The first-order valence-corrected chi connectivity index (χ1v) is 6.07. The molecule has 0 fully saturated rings. The maximum atomic E-state index is 11.2. The SMILES string of the molecule is COC(=O)C(C)Oc1cc(Cl)c(CCl)c(Cl)c1. The highest BCUT2D eigenvalue weighted by molar-refractivity contribution is 6.37. The van der Waals surface area contributed by atoms with Crippen LogP contribution >= 0.6 is 34.8 Å². The molecule has 1 atom stereocenters. The molecule has 94 valence electrons. The number of esters is 1. The highest BCUT2D eigenvalue weighted by Crippen LogP contribution is 2.31. The molecular formula is C11H11Cl3O3. The Morgan fingerprint density at radius 2 is 1.88 bits per heavy atom. The predicted octanol–water partition coefficient (Wildman–Crippen LogP) is 3.67. The van der Waals surface area contributed by atoms with E-state index >= 15 is 0 Å². The number of alkyl halides is 1. The number of rotatable bonds is 4. The Labute approximate surface area is 115 Å². The summed E-state index contributed by atoms with van der Waals surface area (Å²) in [7, 11) is 1.29. The number of methoxy groups -OCH3 is 1. The minimum absolute atomic E-state index is 0.213. The Kier molecular flexibility index (Phi) is 5.37. The van der Waals surface area contributed by atoms with Crippen molar-refractivity contribution in [3.8, 4) is 5.75 Å². The molecule has 3 nitrogen and oxygen atoms in total. The highest BCUT2D eigenvalue weighted by Gasteiger charge is 2.16. The van der Waals surface area contributed by atoms with E-state index in [1.165, 1.54) is 7.11 Å². The van der Waals surface area contributed by atoms with E-state index in [1.54, 1.807) is 19.1 Å². The Balaban J connectivity index is 2.90. The quantitative estimate of drug-likeness (QED) is 0.628. The third kappa shape index (κ3) is 3.66. The molecule has 1 aromatic carbocycles. The van der Waals surface area contributed by atoms with Gasteiger partial charge in [-0.05, 0) is 19.1 Å². The maximum absolute atomic E-state index is 11.2. The summed E-state index contributed by atoms with van der Waals surface area (Å²) in [5, 5.41) is 0.805. The molecule has 6 heteroatoms. The average Bonchev–Trinajstić information content (AvgIpc) is 2.27. The minimum Gasteiger partial charge on any atom is -0.479 e. The lowest BCUT2D eigenvalue weighted by Gasteiger charge is -2.14. The van der Waals surface area contributed by atoms with Crippen molar-refractivity contribution >= 4 is 40.8 Å². The Hall–Kier alpha value is -0.640. The first-order valence-electron chi connectivity index (χ1n) is 4.78. The number of halogens is 3. The largest absolute Gasteiger partial charge is 0.479 e. The van der Waals surface area contributed by atoms with Gasteiger partial charge in [-0.25, -0.2) is 4.79 Å². The fourth-order valence-electron chi connectivity index (χ4n) is 1.19. The van der Waals surface area contributed by atoms with Crippen molar-refractivity contribution in [2.75, 3.05) is 7.11 Å². The first kappa shape index (κ1) is 14.4. The lowest BCUT2D eigenvalue weighted by Crippen LogP contribution is -2.24. The van der Waals surface area contributed by atoms with Crippen LogP contribution in [0, 0.1) is 0 Å². The van der Waals surface area contributed by atoms with Crippen LogP contribution < -0.4 is 4.74 Å². The number of hydrogen-bond donors (Lipinski definition) is 0. The predicted molar refractivity (Wildman–Crippen MR) is 68.1 cm³/mol. The average molecular weight is 298 g/mol. The summed E-state index contributed by atoms with van der Waals surface area (Å²) in [6, 6.07) is 3.12. The Morgan fingerprint density at radius 1 is 1.35 bits per heavy atom. The van der Waals surface area contributed by atoms with Gasteiger partial charge in [0.1, 0.15) is 5.75 Å². The molecule has 1 rings (SSSR count). The molecule has 0 aliphatic heterocycles. The van der Waals surface area contributed by atoms with Crippen LogP contribution in [-0.2, 0) is 15.4 Å². The van der Waals surface area contributed by atoms with E-state index < -0.39 is 12.1 Å². The molecule has 0 aromatic heterocycles. The fraction of sp³-hybridized carbons (Fsp3) is 0.364. The summed E-state index contributed by atoms with van der Waals surface area (Å²) < 4.78 is 9.88. The Bertz CT molecular complexity index is 397. The molecule has 0 radical (unpaired) electrons. The monoisotopic (exact) mass is 296 g/mol. The van der Waals surface area contributed by atoms with E-state index in [0.717, 1.165) is 0 Å². The van der Waals surface area contributed by atoms with Gasteiger partial charge in [0.25, 0.3) is 0 Å². The van der Waals surface area contributed by atoms with Gasteiger partial charge in [-0.15, -0.1) is 11.6 Å². The summed E-state index contributed by atoms with van der Waals surface area (Å²) in [5.41, 5.74) is 0.632. The van der Waals surface area contributed by atoms with Crippen LogP contribution in [0.5, 0.6) is 5.75 Å². The molecule has 1 unspecified atom stereocenters. The van der Waals surface area contributed by atoms with E-state index in [0.29, 0.717) is 21.4 Å². The smallest absolute Gasteiger partial charge is 0.346 e. The zero-order chi connectivity index (χ0) is 13.0. The topological polar surface area (TPSA) is 35.5 Å². The van der Waals surface area contributed by atoms with E-state index in [2.05, 4.69) is 4.74 Å². The minimum atomic E-state index is -0.728. The zero-order valence-corrected chi connectivity index (χ0v) is 11.6. The van der Waals surface area contributed by atoms with Gasteiger partial charge in [-0.3, -0.25) is 0 Å². The molecule has 0 spiro atoms. The van der Waals surface area contributed by atoms with Crippen molar-refractivity contribution in [2.24, 2.45) is 0 Å². The molecule has 0 saturated heterocycles. The molecule has 0 N–H and O–H groups in total. The van der Waals surface area contributed by atoms with Crippen LogP contribution in [0.1, 0.15) is 12.5 Å². The molecule has 0 amide bonds. The van der Waals surface area contributed by atoms with Crippen molar-refractivity contribution in [1.82, 2.24) is 0 Å². The van der Waals surface area contributed by atoms with Gasteiger partial charge in [0.15, 0.2) is 6.10 Å². The van der Waals surface area contributed by atoms with Crippen LogP contribution in [0.25, 0.3) is 0 Å². The van der Waals surface area contributed by atoms with Gasteiger partial charge in [-0.2, -0.15) is 0 Å². The Morgan fingerprint density at radius 3 is 2.29 bits per heavy atom. The lowest BCUT2D eigenvalue weighted by molar-refractivity contribution is -0.147. The molecule has 0 aliphatic carbocycles. The van der Waals surface area contributed by atoms with Crippen molar-refractivity contribution in [2.45, 2.75) is 18.9 Å². The van der Waals surface area contributed by atoms with Crippen molar-refractivity contribution in [3.63, 3.8) is 0 Å². The third-order valence-corrected chi connectivity index (χ3v) is 3.04. The van der Waals surface area contributed by atoms with E-state index in [4.69, 9.17) is 39.5 Å². The van der Waals surface area contributed by atoms with Crippen LogP contribution in [0.3, 0.4) is 0 Å². The number of carbonyl (C=O) groups is 1. The van der Waals surface area contributed by atoms with Crippen LogP contribution in [0.2, 0.25) is 10.0 Å². The lowest BCUT2D eigenvalue weighted by atomic mass is 10.2. The second-order valence-electron chi connectivity index (χ2n) is 3.28. The molecule has 0 aliphatic rings. The van der Waals surface area contributed by atoms with Gasteiger partial charge < -0.3 is 9.47 Å². The van der Waals surface area contributed by atoms with Gasteiger partial charge in [-0.1, -0.05) is 23.2 Å². The van der Waals surface area contributed by atoms with E-state index in [9.17, 15) is 4.79 Å². The maximum Gasteiger partial charge on any atom is 0.346 e. The van der Waals surface area contributed by atoms with E-state index in [1.807, 2.05) is 0 Å². The molecule has 17 heavy (non-hydrogen) atoms. The summed E-state index contributed by atoms with van der Waals surface area (Å²) in [5.74, 6) is 0.134. The fourth-order valence-corrected chi connectivity index (χ4v) is 2.22.